The molecule has 3 atom stereocenters. The van der Waals surface area contributed by atoms with Crippen molar-refractivity contribution in [1.29, 1.82) is 0 Å². The lowest BCUT2D eigenvalue weighted by molar-refractivity contribution is -0.116. The van der Waals surface area contributed by atoms with Crippen molar-refractivity contribution in [2.75, 3.05) is 49.7 Å². The molecule has 1 saturated carbocycles. The van der Waals surface area contributed by atoms with Crippen LogP contribution in [0.3, 0.4) is 0 Å². The van der Waals surface area contributed by atoms with Gasteiger partial charge in [-0.2, -0.15) is 0 Å². The van der Waals surface area contributed by atoms with Gasteiger partial charge in [-0.05, 0) is 69.8 Å². The number of aliphatic hydroxyl groups excluding tert-OH is 1. The van der Waals surface area contributed by atoms with Crippen LogP contribution in [-0.2, 0) is 9.59 Å². The summed E-state index contributed by atoms with van der Waals surface area (Å²) in [5, 5.41) is 15.7. The van der Waals surface area contributed by atoms with Gasteiger partial charge in [-0.1, -0.05) is 31.5 Å². The van der Waals surface area contributed by atoms with Crippen LogP contribution in [0.2, 0.25) is 0 Å². The molecule has 5 N–H and O–H groups in total. The molecule has 43 heavy (non-hydrogen) atoms. The first kappa shape index (κ1) is 32.3. The standard InChI is InChI=1S/C33H47N5O5/c1-22-18-38(23(2)21-39)33(42)25-10-9-13-28(32(25)43-29(22)20-37(3)19-24-16-17-24)36-31(41)15-6-4-5-14-30(40)35-27-12-8-7-11-26(27)34/h7-13,22-24,29,39H,4-6,14-21,34H2,1-3H3,(H,35,40)(H,36,41)/t22-,23-,29+/m1/s1. The zero-order chi connectivity index (χ0) is 30.9. The number of hydrogen-bond donors (Lipinski definition) is 4. The molecule has 1 heterocycles. The molecule has 2 aromatic carbocycles. The van der Waals surface area contributed by atoms with Crippen molar-refractivity contribution in [3.8, 4) is 5.75 Å². The van der Waals surface area contributed by atoms with E-state index in [4.69, 9.17) is 10.5 Å². The minimum absolute atomic E-state index is 0.00652. The molecule has 234 valence electrons. The topological polar surface area (TPSA) is 137 Å². The summed E-state index contributed by atoms with van der Waals surface area (Å²) in [6.45, 7) is 5.94. The zero-order valence-electron chi connectivity index (χ0n) is 25.7. The Bertz CT molecular complexity index is 1270. The van der Waals surface area contributed by atoms with Crippen LogP contribution >= 0.6 is 0 Å². The van der Waals surface area contributed by atoms with E-state index in [1.165, 1.54) is 12.8 Å². The average Bonchev–Trinajstić information content (AvgIpc) is 3.79. The molecule has 2 aromatic rings. The Morgan fingerprint density at radius 2 is 1.67 bits per heavy atom. The molecule has 3 amide bonds. The van der Waals surface area contributed by atoms with Crippen molar-refractivity contribution in [2.45, 2.75) is 70.9 Å². The maximum absolute atomic E-state index is 13.7. The molecule has 1 fully saturated rings. The zero-order valence-corrected chi connectivity index (χ0v) is 25.7. The van der Waals surface area contributed by atoms with Gasteiger partial charge in [-0.15, -0.1) is 0 Å². The lowest BCUT2D eigenvalue weighted by Gasteiger charge is -2.38. The quantitative estimate of drug-likeness (QED) is 0.189. The molecule has 0 saturated heterocycles. The van der Waals surface area contributed by atoms with Crippen LogP contribution in [0, 0.1) is 11.8 Å². The molecular weight excluding hydrogens is 546 g/mol. The van der Waals surface area contributed by atoms with Crippen LogP contribution in [0.15, 0.2) is 42.5 Å². The molecule has 0 bridgehead atoms. The number of nitrogens with zero attached hydrogens (tertiary/aromatic N) is 2. The van der Waals surface area contributed by atoms with Gasteiger partial charge >= 0.3 is 0 Å². The number of carbonyl (C=O) groups is 3. The monoisotopic (exact) mass is 593 g/mol. The number of rotatable bonds is 14. The number of ether oxygens (including phenoxy) is 1. The highest BCUT2D eigenvalue weighted by Gasteiger charge is 2.35. The number of carbonyl (C=O) groups excluding carboxylic acids is 3. The number of likely N-dealkylation sites (N-methyl/N-ethyl adjacent to an activating group) is 1. The second kappa shape index (κ2) is 15.2. The number of nitrogens with two attached hydrogens (primary N) is 1. The average molecular weight is 594 g/mol. The minimum Gasteiger partial charge on any atom is -0.486 e. The third-order valence-electron chi connectivity index (χ3n) is 8.27. The lowest BCUT2D eigenvalue weighted by Crippen LogP contribution is -2.50. The first-order valence-corrected chi connectivity index (χ1v) is 15.5. The van der Waals surface area contributed by atoms with Gasteiger partial charge in [-0.25, -0.2) is 0 Å². The van der Waals surface area contributed by atoms with Crippen molar-refractivity contribution in [2.24, 2.45) is 11.8 Å². The predicted molar refractivity (Wildman–Crippen MR) is 169 cm³/mol. The van der Waals surface area contributed by atoms with E-state index in [2.05, 4.69) is 29.5 Å². The molecule has 1 aliphatic carbocycles. The summed E-state index contributed by atoms with van der Waals surface area (Å²) in [6.07, 6.45) is 4.92. The van der Waals surface area contributed by atoms with E-state index in [-0.39, 0.29) is 48.8 Å². The van der Waals surface area contributed by atoms with Crippen molar-refractivity contribution in [3.63, 3.8) is 0 Å². The van der Waals surface area contributed by atoms with E-state index in [1.807, 2.05) is 19.1 Å². The molecule has 0 radical (unpaired) electrons. The Balaban J connectivity index is 1.38. The molecule has 10 heteroatoms. The summed E-state index contributed by atoms with van der Waals surface area (Å²) in [7, 11) is 2.10. The minimum atomic E-state index is -0.351. The number of benzene rings is 2. The fraction of sp³-hybridized carbons (Fsp3) is 0.545. The van der Waals surface area contributed by atoms with Gasteiger partial charge in [0.1, 0.15) is 6.10 Å². The highest BCUT2D eigenvalue weighted by Crippen LogP contribution is 2.36. The summed E-state index contributed by atoms with van der Waals surface area (Å²) >= 11 is 0. The Morgan fingerprint density at radius 1 is 1.02 bits per heavy atom. The number of hydrogen-bond acceptors (Lipinski definition) is 7. The number of fused-ring (bicyclic) bond motifs is 1. The largest absolute Gasteiger partial charge is 0.486 e. The van der Waals surface area contributed by atoms with E-state index in [0.717, 1.165) is 12.5 Å². The van der Waals surface area contributed by atoms with Gasteiger partial charge in [-0.3, -0.25) is 14.4 Å². The van der Waals surface area contributed by atoms with Gasteiger partial charge in [0.25, 0.3) is 5.91 Å². The molecule has 1 aliphatic heterocycles. The number of amides is 3. The van der Waals surface area contributed by atoms with E-state index in [9.17, 15) is 19.5 Å². The van der Waals surface area contributed by atoms with Crippen molar-refractivity contribution >= 4 is 34.8 Å². The fourth-order valence-corrected chi connectivity index (χ4v) is 5.47. The van der Waals surface area contributed by atoms with Crippen LogP contribution in [0.5, 0.6) is 5.75 Å². The Kier molecular flexibility index (Phi) is 11.4. The van der Waals surface area contributed by atoms with Gasteiger partial charge in [0.15, 0.2) is 5.75 Å². The Morgan fingerprint density at radius 3 is 2.33 bits per heavy atom. The van der Waals surface area contributed by atoms with Crippen molar-refractivity contribution in [3.05, 3.63) is 48.0 Å². The highest BCUT2D eigenvalue weighted by atomic mass is 16.5. The third-order valence-corrected chi connectivity index (χ3v) is 8.27. The maximum Gasteiger partial charge on any atom is 0.258 e. The van der Waals surface area contributed by atoms with E-state index in [1.54, 1.807) is 35.2 Å². The van der Waals surface area contributed by atoms with Crippen molar-refractivity contribution < 1.29 is 24.2 Å². The molecule has 2 aliphatic rings. The van der Waals surface area contributed by atoms with Crippen molar-refractivity contribution in [1.82, 2.24) is 9.80 Å². The van der Waals surface area contributed by atoms with E-state index >= 15 is 0 Å². The van der Waals surface area contributed by atoms with Gasteiger partial charge in [0.2, 0.25) is 11.8 Å². The molecule has 4 rings (SSSR count). The van der Waals surface area contributed by atoms with Gasteiger partial charge < -0.3 is 36.0 Å². The summed E-state index contributed by atoms with van der Waals surface area (Å²) in [5.41, 5.74) is 7.86. The van der Waals surface area contributed by atoms with Gasteiger partial charge in [0.05, 0.1) is 35.3 Å². The summed E-state index contributed by atoms with van der Waals surface area (Å²) < 4.78 is 6.59. The molecule has 0 unspecified atom stereocenters. The molecule has 10 nitrogen and oxygen atoms in total. The van der Waals surface area contributed by atoms with Gasteiger partial charge in [0, 0.05) is 38.4 Å². The smallest absolute Gasteiger partial charge is 0.258 e. The molecule has 0 spiro atoms. The second-order valence-electron chi connectivity index (χ2n) is 12.2. The Labute approximate surface area is 254 Å². The number of unbranched alkanes of at least 4 members (excludes halogenated alkanes) is 2. The highest BCUT2D eigenvalue weighted by molar-refractivity contribution is 6.01. The molecular formula is C33H47N5O5. The van der Waals surface area contributed by atoms with E-state index in [0.29, 0.717) is 67.1 Å². The fourth-order valence-electron chi connectivity index (χ4n) is 5.47. The number of anilines is 3. The van der Waals surface area contributed by atoms with Crippen LogP contribution < -0.4 is 21.1 Å². The van der Waals surface area contributed by atoms with Crippen LogP contribution in [0.25, 0.3) is 0 Å². The van der Waals surface area contributed by atoms with E-state index < -0.39 is 0 Å². The summed E-state index contributed by atoms with van der Waals surface area (Å²) in [5.74, 6) is 0.615. The first-order valence-electron chi connectivity index (χ1n) is 15.5. The SMILES string of the molecule is C[C@@H]1CN([C@H](C)CO)C(=O)c2cccc(NC(=O)CCCCCC(=O)Nc3ccccc3N)c2O[C@H]1CN(C)CC1CC1. The molecule has 0 aromatic heterocycles. The lowest BCUT2D eigenvalue weighted by atomic mass is 9.99. The maximum atomic E-state index is 13.7. The summed E-state index contributed by atoms with van der Waals surface area (Å²) in [6, 6.07) is 12.0. The Hall–Kier alpha value is -3.63. The number of nitrogen functional groups attached to an aromatic ring is 1. The van der Waals surface area contributed by atoms with Crippen LogP contribution in [0.4, 0.5) is 17.1 Å². The summed E-state index contributed by atoms with van der Waals surface area (Å²) in [4.78, 5) is 42.9. The van der Waals surface area contributed by atoms with Crippen LogP contribution in [0.1, 0.15) is 69.2 Å². The normalized spacial score (nSPS) is 19.2. The first-order chi connectivity index (χ1) is 20.7. The second-order valence-corrected chi connectivity index (χ2v) is 12.2. The third kappa shape index (κ3) is 9.18. The number of aliphatic hydroxyl groups is 1. The van der Waals surface area contributed by atoms with Crippen LogP contribution in [-0.4, -0.2) is 78.1 Å². The number of para-hydroxylation sites is 3. The predicted octanol–water partition coefficient (Wildman–Crippen LogP) is 4.36. The number of nitrogens with one attached hydrogen (secondary N) is 2.